The van der Waals surface area contributed by atoms with Gasteiger partial charge in [0.15, 0.2) is 0 Å². The van der Waals surface area contributed by atoms with Crippen LogP contribution in [0.5, 0.6) is 0 Å². The number of carbonyl (C=O) groups excluding carboxylic acids is 1. The Balaban J connectivity index is 2.21. The quantitative estimate of drug-likeness (QED) is 0.684. The van der Waals surface area contributed by atoms with Crippen LogP contribution in [0.2, 0.25) is 0 Å². The second-order valence-electron chi connectivity index (χ2n) is 5.16. The fraction of sp³-hybridized carbons (Fsp3) is 0.917. The molecule has 2 N–H and O–H groups in total. The van der Waals surface area contributed by atoms with Gasteiger partial charge in [0, 0.05) is 26.2 Å². The van der Waals surface area contributed by atoms with E-state index in [0.717, 1.165) is 39.1 Å². The third-order valence-electron chi connectivity index (χ3n) is 3.42. The molecule has 0 bridgehead atoms. The molecule has 1 atom stereocenters. The summed E-state index contributed by atoms with van der Waals surface area (Å²) in [5.74, 6) is -0.323. The second-order valence-corrected chi connectivity index (χ2v) is 5.16. The van der Waals surface area contributed by atoms with Crippen LogP contribution in [0.3, 0.4) is 0 Å². The molecule has 0 aromatic rings. The van der Waals surface area contributed by atoms with Crippen molar-refractivity contribution in [3.05, 3.63) is 0 Å². The summed E-state index contributed by atoms with van der Waals surface area (Å²) >= 11 is 0. The van der Waals surface area contributed by atoms with Crippen LogP contribution in [0.1, 0.15) is 19.8 Å². The minimum Gasteiger partial charge on any atom is -0.468 e. The average molecular weight is 243 g/mol. The van der Waals surface area contributed by atoms with Crippen molar-refractivity contribution in [1.29, 1.82) is 0 Å². The molecule has 0 aromatic carbocycles. The highest BCUT2D eigenvalue weighted by Gasteiger charge is 2.29. The van der Waals surface area contributed by atoms with Crippen molar-refractivity contribution in [1.82, 2.24) is 9.80 Å². The summed E-state index contributed by atoms with van der Waals surface area (Å²) in [6, 6.07) is 0. The summed E-state index contributed by atoms with van der Waals surface area (Å²) in [5.41, 5.74) is 5.06. The second kappa shape index (κ2) is 6.33. The Morgan fingerprint density at radius 2 is 1.94 bits per heavy atom. The van der Waals surface area contributed by atoms with E-state index >= 15 is 0 Å². The molecule has 1 saturated heterocycles. The zero-order chi connectivity index (χ0) is 12.9. The van der Waals surface area contributed by atoms with E-state index in [0.29, 0.717) is 6.42 Å². The molecule has 0 aliphatic carbocycles. The topological polar surface area (TPSA) is 58.8 Å². The molecule has 0 aromatic heterocycles. The van der Waals surface area contributed by atoms with E-state index in [-0.39, 0.29) is 5.97 Å². The molecule has 5 heteroatoms. The Bertz CT molecular complexity index is 248. The molecule has 1 aliphatic rings. The maximum absolute atomic E-state index is 11.4. The van der Waals surface area contributed by atoms with E-state index in [9.17, 15) is 4.79 Å². The Labute approximate surface area is 104 Å². The van der Waals surface area contributed by atoms with Crippen LogP contribution in [-0.2, 0) is 9.53 Å². The SMILES string of the molecule is COC(=O)C(C)(N)CCCN1CCN(C)CC1. The van der Waals surface area contributed by atoms with E-state index in [2.05, 4.69) is 21.6 Å². The maximum atomic E-state index is 11.4. The zero-order valence-corrected chi connectivity index (χ0v) is 11.2. The standard InChI is InChI=1S/C12H25N3O2/c1-12(13,11(16)17-3)5-4-6-15-9-7-14(2)8-10-15/h4-10,13H2,1-3H3. The fourth-order valence-corrected chi connectivity index (χ4v) is 2.08. The number of nitrogens with two attached hydrogens (primary N) is 1. The lowest BCUT2D eigenvalue weighted by molar-refractivity contribution is -0.146. The molecular formula is C12H25N3O2. The highest BCUT2D eigenvalue weighted by Crippen LogP contribution is 2.12. The number of esters is 1. The smallest absolute Gasteiger partial charge is 0.325 e. The first-order valence-electron chi connectivity index (χ1n) is 6.24. The van der Waals surface area contributed by atoms with Crippen molar-refractivity contribution < 1.29 is 9.53 Å². The number of hydrogen-bond acceptors (Lipinski definition) is 5. The van der Waals surface area contributed by atoms with Crippen LogP contribution < -0.4 is 5.73 Å². The summed E-state index contributed by atoms with van der Waals surface area (Å²) in [6.45, 7) is 7.21. The van der Waals surface area contributed by atoms with Crippen LogP contribution in [0.15, 0.2) is 0 Å². The molecule has 1 rings (SSSR count). The Morgan fingerprint density at radius 3 is 2.47 bits per heavy atom. The van der Waals surface area contributed by atoms with Gasteiger partial charge in [0.1, 0.15) is 5.54 Å². The first-order chi connectivity index (χ1) is 7.95. The van der Waals surface area contributed by atoms with Crippen molar-refractivity contribution in [2.45, 2.75) is 25.3 Å². The summed E-state index contributed by atoms with van der Waals surface area (Å²) in [5, 5.41) is 0. The minimum absolute atomic E-state index is 0.323. The molecule has 1 heterocycles. The van der Waals surface area contributed by atoms with Gasteiger partial charge in [-0.2, -0.15) is 0 Å². The van der Waals surface area contributed by atoms with E-state index in [1.165, 1.54) is 7.11 Å². The van der Waals surface area contributed by atoms with Crippen molar-refractivity contribution >= 4 is 5.97 Å². The van der Waals surface area contributed by atoms with Crippen molar-refractivity contribution in [2.24, 2.45) is 5.73 Å². The van der Waals surface area contributed by atoms with Crippen LogP contribution in [0, 0.1) is 0 Å². The molecule has 5 nitrogen and oxygen atoms in total. The molecule has 0 spiro atoms. The van der Waals surface area contributed by atoms with Gasteiger partial charge in [0.05, 0.1) is 7.11 Å². The van der Waals surface area contributed by atoms with Crippen molar-refractivity contribution in [3.8, 4) is 0 Å². The Morgan fingerprint density at radius 1 is 1.35 bits per heavy atom. The maximum Gasteiger partial charge on any atom is 0.325 e. The highest BCUT2D eigenvalue weighted by atomic mass is 16.5. The van der Waals surface area contributed by atoms with Gasteiger partial charge in [0.25, 0.3) is 0 Å². The fourth-order valence-electron chi connectivity index (χ4n) is 2.08. The number of carbonyl (C=O) groups is 1. The summed E-state index contributed by atoms with van der Waals surface area (Å²) in [7, 11) is 3.53. The number of rotatable bonds is 5. The molecule has 0 amide bonds. The van der Waals surface area contributed by atoms with Gasteiger partial charge in [-0.25, -0.2) is 0 Å². The average Bonchev–Trinajstić information content (AvgIpc) is 2.30. The van der Waals surface area contributed by atoms with Gasteiger partial charge in [-0.1, -0.05) is 0 Å². The van der Waals surface area contributed by atoms with Crippen LogP contribution >= 0.6 is 0 Å². The molecule has 0 radical (unpaired) electrons. The number of methoxy groups -OCH3 is 1. The zero-order valence-electron chi connectivity index (χ0n) is 11.2. The highest BCUT2D eigenvalue weighted by molar-refractivity contribution is 5.79. The van der Waals surface area contributed by atoms with Crippen LogP contribution in [0.4, 0.5) is 0 Å². The molecule has 1 fully saturated rings. The third-order valence-corrected chi connectivity index (χ3v) is 3.42. The van der Waals surface area contributed by atoms with Gasteiger partial charge < -0.3 is 20.3 Å². The summed E-state index contributed by atoms with van der Waals surface area (Å²) in [4.78, 5) is 16.1. The summed E-state index contributed by atoms with van der Waals surface area (Å²) < 4.78 is 4.69. The number of nitrogens with zero attached hydrogens (tertiary/aromatic N) is 2. The Kier molecular flexibility index (Phi) is 5.36. The van der Waals surface area contributed by atoms with Gasteiger partial charge in [0.2, 0.25) is 0 Å². The van der Waals surface area contributed by atoms with Crippen molar-refractivity contribution in [3.63, 3.8) is 0 Å². The third kappa shape index (κ3) is 4.61. The normalized spacial score (nSPS) is 22.1. The number of ether oxygens (including phenoxy) is 1. The lowest BCUT2D eigenvalue weighted by Gasteiger charge is -2.33. The molecular weight excluding hydrogens is 218 g/mol. The van der Waals surface area contributed by atoms with Crippen LogP contribution in [0.25, 0.3) is 0 Å². The van der Waals surface area contributed by atoms with Gasteiger partial charge in [-0.15, -0.1) is 0 Å². The van der Waals surface area contributed by atoms with E-state index in [1.807, 2.05) is 0 Å². The Hall–Kier alpha value is -0.650. The molecule has 17 heavy (non-hydrogen) atoms. The monoisotopic (exact) mass is 243 g/mol. The van der Waals surface area contributed by atoms with E-state index in [1.54, 1.807) is 6.92 Å². The lowest BCUT2D eigenvalue weighted by Crippen LogP contribution is -2.47. The lowest BCUT2D eigenvalue weighted by atomic mass is 9.97. The predicted octanol–water partition coefficient (Wildman–Crippen LogP) is -0.0956. The first kappa shape index (κ1) is 14.4. The number of hydrogen-bond donors (Lipinski definition) is 1. The number of piperazine rings is 1. The minimum atomic E-state index is -0.846. The van der Waals surface area contributed by atoms with E-state index < -0.39 is 5.54 Å². The molecule has 100 valence electrons. The molecule has 0 saturated carbocycles. The van der Waals surface area contributed by atoms with Crippen molar-refractivity contribution in [2.75, 3.05) is 46.9 Å². The largest absolute Gasteiger partial charge is 0.468 e. The molecule has 1 aliphatic heterocycles. The van der Waals surface area contributed by atoms with Gasteiger partial charge in [-0.3, -0.25) is 4.79 Å². The van der Waals surface area contributed by atoms with E-state index in [4.69, 9.17) is 5.73 Å². The predicted molar refractivity (Wildman–Crippen MR) is 67.8 cm³/mol. The van der Waals surface area contributed by atoms with Crippen LogP contribution in [-0.4, -0.2) is 68.2 Å². The number of likely N-dealkylation sites (N-methyl/N-ethyl adjacent to an activating group) is 1. The first-order valence-corrected chi connectivity index (χ1v) is 6.24. The van der Waals surface area contributed by atoms with Gasteiger partial charge in [-0.05, 0) is 33.4 Å². The molecule has 1 unspecified atom stereocenters. The summed E-state index contributed by atoms with van der Waals surface area (Å²) in [6.07, 6.45) is 1.61. The van der Waals surface area contributed by atoms with Gasteiger partial charge >= 0.3 is 5.97 Å².